The van der Waals surface area contributed by atoms with Crippen LogP contribution in [0.1, 0.15) is 20.8 Å². The zero-order valence-electron chi connectivity index (χ0n) is 11.9. The Bertz CT molecular complexity index is 482. The van der Waals surface area contributed by atoms with Gasteiger partial charge in [-0.2, -0.15) is 0 Å². The van der Waals surface area contributed by atoms with E-state index in [-0.39, 0.29) is 5.54 Å². The summed E-state index contributed by atoms with van der Waals surface area (Å²) in [4.78, 5) is 4.31. The minimum Gasteiger partial charge on any atom is -0.495 e. The molecule has 0 fully saturated rings. The van der Waals surface area contributed by atoms with E-state index in [2.05, 4.69) is 10.3 Å². The highest BCUT2D eigenvalue weighted by atomic mass is 35.5. The fourth-order valence-corrected chi connectivity index (χ4v) is 1.73. The number of methoxy groups -OCH3 is 2. The van der Waals surface area contributed by atoms with Crippen LogP contribution >= 0.6 is 11.6 Å². The Hall–Kier alpha value is -1.62. The predicted octanol–water partition coefficient (Wildman–Crippen LogP) is 2.88. The van der Waals surface area contributed by atoms with Crippen LogP contribution < -0.4 is 20.5 Å². The normalized spacial score (nSPS) is 12.2. The average Bonchev–Trinajstić information content (AvgIpc) is 2.26. The molecule has 6 heteroatoms. The second kappa shape index (κ2) is 6.02. The molecule has 0 amide bonds. The van der Waals surface area contributed by atoms with Crippen LogP contribution in [0.2, 0.25) is 5.02 Å². The van der Waals surface area contributed by atoms with Gasteiger partial charge in [0.1, 0.15) is 11.5 Å². The molecule has 1 aromatic rings. The molecular formula is C13H20ClN3O2. The maximum atomic E-state index is 6.07. The fourth-order valence-electron chi connectivity index (χ4n) is 1.49. The second-order valence-corrected chi connectivity index (χ2v) is 5.39. The van der Waals surface area contributed by atoms with Gasteiger partial charge in [-0.05, 0) is 26.8 Å². The number of halogens is 1. The molecule has 0 bridgehead atoms. The van der Waals surface area contributed by atoms with E-state index in [1.807, 2.05) is 20.8 Å². The van der Waals surface area contributed by atoms with Gasteiger partial charge in [0.15, 0.2) is 5.96 Å². The van der Waals surface area contributed by atoms with E-state index in [1.165, 1.54) is 0 Å². The molecule has 0 heterocycles. The van der Waals surface area contributed by atoms with Crippen molar-refractivity contribution in [3.05, 3.63) is 17.2 Å². The van der Waals surface area contributed by atoms with Crippen LogP contribution in [0.25, 0.3) is 0 Å². The molecule has 0 saturated heterocycles. The van der Waals surface area contributed by atoms with Crippen molar-refractivity contribution in [3.8, 4) is 11.5 Å². The smallest absolute Gasteiger partial charge is 0.193 e. The highest BCUT2D eigenvalue weighted by Crippen LogP contribution is 2.35. The van der Waals surface area contributed by atoms with Crippen molar-refractivity contribution in [2.24, 2.45) is 10.7 Å². The predicted molar refractivity (Wildman–Crippen MR) is 79.6 cm³/mol. The van der Waals surface area contributed by atoms with Crippen molar-refractivity contribution in [1.29, 1.82) is 0 Å². The van der Waals surface area contributed by atoms with Gasteiger partial charge in [-0.25, -0.2) is 4.99 Å². The Morgan fingerprint density at radius 3 is 2.26 bits per heavy atom. The first kappa shape index (κ1) is 15.4. The second-order valence-electron chi connectivity index (χ2n) is 4.98. The monoisotopic (exact) mass is 285 g/mol. The van der Waals surface area contributed by atoms with E-state index in [1.54, 1.807) is 26.4 Å². The van der Waals surface area contributed by atoms with Crippen LogP contribution in [0.15, 0.2) is 17.1 Å². The van der Waals surface area contributed by atoms with E-state index < -0.39 is 0 Å². The summed E-state index contributed by atoms with van der Waals surface area (Å²) in [5.74, 6) is 1.41. The molecule has 0 aliphatic rings. The van der Waals surface area contributed by atoms with Gasteiger partial charge >= 0.3 is 0 Å². The number of nitrogens with one attached hydrogen (secondary N) is 1. The number of benzene rings is 1. The zero-order valence-corrected chi connectivity index (χ0v) is 12.6. The number of anilines is 1. The number of hydrogen-bond donors (Lipinski definition) is 2. The lowest BCUT2D eigenvalue weighted by atomic mass is 10.1. The largest absolute Gasteiger partial charge is 0.495 e. The first-order valence-corrected chi connectivity index (χ1v) is 6.18. The van der Waals surface area contributed by atoms with Crippen molar-refractivity contribution in [3.63, 3.8) is 0 Å². The lowest BCUT2D eigenvalue weighted by molar-refractivity contribution is 0.396. The number of rotatable bonds is 3. The third-order valence-electron chi connectivity index (χ3n) is 2.19. The van der Waals surface area contributed by atoms with Gasteiger partial charge in [0.05, 0.1) is 30.5 Å². The summed E-state index contributed by atoms with van der Waals surface area (Å²) in [6.07, 6.45) is 0. The molecule has 1 rings (SSSR count). The molecule has 0 unspecified atom stereocenters. The van der Waals surface area contributed by atoms with Crippen molar-refractivity contribution < 1.29 is 9.47 Å². The Morgan fingerprint density at radius 2 is 1.79 bits per heavy atom. The molecule has 19 heavy (non-hydrogen) atoms. The number of hydrogen-bond acceptors (Lipinski definition) is 3. The summed E-state index contributed by atoms with van der Waals surface area (Å²) in [5.41, 5.74) is 6.22. The van der Waals surface area contributed by atoms with Gasteiger partial charge in [-0.1, -0.05) is 11.6 Å². The average molecular weight is 286 g/mol. The summed E-state index contributed by atoms with van der Waals surface area (Å²) >= 11 is 6.07. The summed E-state index contributed by atoms with van der Waals surface area (Å²) in [7, 11) is 3.11. The van der Waals surface area contributed by atoms with E-state index in [9.17, 15) is 0 Å². The molecule has 0 aromatic heterocycles. The topological polar surface area (TPSA) is 68.9 Å². The van der Waals surface area contributed by atoms with E-state index in [4.69, 9.17) is 26.8 Å². The Labute approximate surface area is 118 Å². The Balaban J connectivity index is 3.07. The van der Waals surface area contributed by atoms with Gasteiger partial charge < -0.3 is 20.5 Å². The van der Waals surface area contributed by atoms with Crippen LogP contribution in [0.4, 0.5) is 5.69 Å². The SMILES string of the molecule is COc1cc(OC)c(NC(N)=NC(C)(C)C)cc1Cl. The quantitative estimate of drug-likeness (QED) is 0.662. The number of nitrogens with two attached hydrogens (primary N) is 1. The molecule has 1 aromatic carbocycles. The molecule has 0 saturated carbocycles. The highest BCUT2D eigenvalue weighted by molar-refractivity contribution is 6.32. The van der Waals surface area contributed by atoms with Crippen LogP contribution in [0, 0.1) is 0 Å². The fraction of sp³-hybridized carbons (Fsp3) is 0.462. The molecule has 0 aliphatic carbocycles. The van der Waals surface area contributed by atoms with Crippen LogP contribution in [0.3, 0.4) is 0 Å². The van der Waals surface area contributed by atoms with Gasteiger partial charge in [-0.3, -0.25) is 0 Å². The zero-order chi connectivity index (χ0) is 14.6. The van der Waals surface area contributed by atoms with Crippen molar-refractivity contribution in [1.82, 2.24) is 0 Å². The lowest BCUT2D eigenvalue weighted by Crippen LogP contribution is -2.27. The number of guanidine groups is 1. The lowest BCUT2D eigenvalue weighted by Gasteiger charge is -2.16. The van der Waals surface area contributed by atoms with Gasteiger partial charge in [0.2, 0.25) is 0 Å². The van der Waals surface area contributed by atoms with Crippen molar-refractivity contribution in [2.75, 3.05) is 19.5 Å². The molecule has 0 radical (unpaired) electrons. The minimum absolute atomic E-state index is 0.263. The maximum absolute atomic E-state index is 6.07. The van der Waals surface area contributed by atoms with Gasteiger partial charge in [0.25, 0.3) is 0 Å². The molecule has 5 nitrogen and oxygen atoms in total. The van der Waals surface area contributed by atoms with Crippen LogP contribution in [-0.4, -0.2) is 25.7 Å². The number of nitrogens with zero attached hydrogens (tertiary/aromatic N) is 1. The summed E-state index contributed by atoms with van der Waals surface area (Å²) in [5, 5.41) is 3.44. The van der Waals surface area contributed by atoms with Crippen LogP contribution in [-0.2, 0) is 0 Å². The summed E-state index contributed by atoms with van der Waals surface area (Å²) in [6.45, 7) is 5.87. The minimum atomic E-state index is -0.263. The summed E-state index contributed by atoms with van der Waals surface area (Å²) in [6, 6.07) is 3.37. The Kier molecular flexibility index (Phi) is 4.89. The van der Waals surface area contributed by atoms with E-state index in [0.29, 0.717) is 28.2 Å². The molecular weight excluding hydrogens is 266 g/mol. The third kappa shape index (κ3) is 4.52. The molecule has 0 aliphatic heterocycles. The molecule has 106 valence electrons. The molecule has 3 N–H and O–H groups in total. The first-order valence-electron chi connectivity index (χ1n) is 5.80. The van der Waals surface area contributed by atoms with E-state index >= 15 is 0 Å². The van der Waals surface area contributed by atoms with Crippen molar-refractivity contribution >= 4 is 23.2 Å². The van der Waals surface area contributed by atoms with E-state index in [0.717, 1.165) is 0 Å². The standard InChI is InChI=1S/C13H20ClN3O2/c1-13(2,3)17-12(15)16-9-6-8(14)10(18-4)7-11(9)19-5/h6-7H,1-5H3,(H3,15,16,17). The highest BCUT2D eigenvalue weighted by Gasteiger charge is 2.12. The van der Waals surface area contributed by atoms with Gasteiger partial charge in [-0.15, -0.1) is 0 Å². The van der Waals surface area contributed by atoms with Crippen molar-refractivity contribution in [2.45, 2.75) is 26.3 Å². The maximum Gasteiger partial charge on any atom is 0.193 e. The summed E-state index contributed by atoms with van der Waals surface area (Å²) < 4.78 is 10.4. The first-order chi connectivity index (χ1) is 8.76. The Morgan fingerprint density at radius 1 is 1.21 bits per heavy atom. The molecule has 0 spiro atoms. The van der Waals surface area contributed by atoms with Gasteiger partial charge in [0, 0.05) is 6.07 Å². The number of ether oxygens (including phenoxy) is 2. The number of aliphatic imine (C=N–C) groups is 1. The van der Waals surface area contributed by atoms with Crippen LogP contribution in [0.5, 0.6) is 11.5 Å². The molecule has 0 atom stereocenters. The third-order valence-corrected chi connectivity index (χ3v) is 2.49.